The molecule has 0 saturated heterocycles. The average Bonchev–Trinajstić information content (AvgIpc) is 2.85. The van der Waals surface area contributed by atoms with E-state index in [9.17, 15) is 0 Å². The van der Waals surface area contributed by atoms with E-state index in [2.05, 4.69) is 21.7 Å². The molecule has 0 aromatic carbocycles. The molecule has 1 aromatic heterocycles. The lowest BCUT2D eigenvalue weighted by atomic mass is 10.1. The van der Waals surface area contributed by atoms with Crippen LogP contribution in [0.1, 0.15) is 63.2 Å². The van der Waals surface area contributed by atoms with Crippen LogP contribution in [0.5, 0.6) is 0 Å². The van der Waals surface area contributed by atoms with Gasteiger partial charge in [0, 0.05) is 12.0 Å². The smallest absolute Gasteiger partial charge is 0.195 e. The SMILES string of the molecule is CC(c1n[nH]c(=S)n1C1CCCC1)C1CC1. The molecular formula is C12H19N3S. The van der Waals surface area contributed by atoms with Gasteiger partial charge in [0.1, 0.15) is 5.82 Å². The summed E-state index contributed by atoms with van der Waals surface area (Å²) in [5.74, 6) is 2.64. The summed E-state index contributed by atoms with van der Waals surface area (Å²) in [6.45, 7) is 2.30. The number of aromatic nitrogens is 3. The monoisotopic (exact) mass is 237 g/mol. The summed E-state index contributed by atoms with van der Waals surface area (Å²) in [7, 11) is 0. The minimum Gasteiger partial charge on any atom is -0.301 e. The van der Waals surface area contributed by atoms with Crippen LogP contribution in [0.4, 0.5) is 0 Å². The molecule has 2 fully saturated rings. The van der Waals surface area contributed by atoms with Crippen molar-refractivity contribution in [3.8, 4) is 0 Å². The van der Waals surface area contributed by atoms with Crippen molar-refractivity contribution in [1.29, 1.82) is 0 Å². The maximum Gasteiger partial charge on any atom is 0.195 e. The van der Waals surface area contributed by atoms with Gasteiger partial charge >= 0.3 is 0 Å². The lowest BCUT2D eigenvalue weighted by Gasteiger charge is -2.17. The van der Waals surface area contributed by atoms with E-state index in [1.54, 1.807) is 0 Å². The number of hydrogen-bond acceptors (Lipinski definition) is 2. The normalized spacial score (nSPS) is 23.8. The minimum absolute atomic E-state index is 0.577. The third-order valence-electron chi connectivity index (χ3n) is 4.16. The summed E-state index contributed by atoms with van der Waals surface area (Å²) in [5.41, 5.74) is 0. The number of nitrogens with one attached hydrogen (secondary N) is 1. The highest BCUT2D eigenvalue weighted by Gasteiger charge is 2.33. The molecule has 3 rings (SSSR count). The molecule has 0 amide bonds. The van der Waals surface area contributed by atoms with Crippen molar-refractivity contribution >= 4 is 12.2 Å². The van der Waals surface area contributed by atoms with Crippen molar-refractivity contribution in [2.24, 2.45) is 5.92 Å². The summed E-state index contributed by atoms with van der Waals surface area (Å²) in [5, 5.41) is 7.46. The molecule has 3 nitrogen and oxygen atoms in total. The fraction of sp³-hybridized carbons (Fsp3) is 0.833. The molecule has 4 heteroatoms. The van der Waals surface area contributed by atoms with Gasteiger partial charge < -0.3 is 4.57 Å². The largest absolute Gasteiger partial charge is 0.301 e. The molecule has 2 aliphatic carbocycles. The van der Waals surface area contributed by atoms with Crippen molar-refractivity contribution in [3.05, 3.63) is 10.6 Å². The molecule has 2 saturated carbocycles. The quantitative estimate of drug-likeness (QED) is 0.815. The Bertz CT molecular complexity index is 424. The van der Waals surface area contributed by atoms with Gasteiger partial charge in [0.25, 0.3) is 0 Å². The van der Waals surface area contributed by atoms with Crippen molar-refractivity contribution in [2.75, 3.05) is 0 Å². The van der Waals surface area contributed by atoms with Crippen molar-refractivity contribution < 1.29 is 0 Å². The van der Waals surface area contributed by atoms with E-state index in [4.69, 9.17) is 12.2 Å². The Labute approximate surface area is 101 Å². The second-order valence-electron chi connectivity index (χ2n) is 5.32. The van der Waals surface area contributed by atoms with Gasteiger partial charge in [0.05, 0.1) is 0 Å². The minimum atomic E-state index is 0.577. The molecule has 0 spiro atoms. The van der Waals surface area contributed by atoms with Gasteiger partial charge in [0.2, 0.25) is 0 Å². The topological polar surface area (TPSA) is 33.6 Å². The third kappa shape index (κ3) is 1.73. The van der Waals surface area contributed by atoms with E-state index in [1.807, 2.05) is 0 Å². The van der Waals surface area contributed by atoms with Gasteiger partial charge in [-0.15, -0.1) is 0 Å². The van der Waals surface area contributed by atoms with Crippen molar-refractivity contribution in [2.45, 2.75) is 57.4 Å². The second-order valence-corrected chi connectivity index (χ2v) is 5.71. The molecule has 1 heterocycles. The zero-order chi connectivity index (χ0) is 11.1. The first-order valence-electron chi connectivity index (χ1n) is 6.44. The van der Waals surface area contributed by atoms with Crippen LogP contribution >= 0.6 is 12.2 Å². The highest BCUT2D eigenvalue weighted by Crippen LogP contribution is 2.43. The predicted octanol–water partition coefficient (Wildman–Crippen LogP) is 3.57. The van der Waals surface area contributed by atoms with Crippen LogP contribution in [0, 0.1) is 10.7 Å². The summed E-state index contributed by atoms with van der Waals surface area (Å²) in [4.78, 5) is 0. The molecule has 1 unspecified atom stereocenters. The Morgan fingerprint density at radius 3 is 2.62 bits per heavy atom. The van der Waals surface area contributed by atoms with Gasteiger partial charge in [-0.05, 0) is 43.8 Å². The molecule has 2 aliphatic rings. The molecule has 1 N–H and O–H groups in total. The van der Waals surface area contributed by atoms with Gasteiger partial charge in [-0.25, -0.2) is 0 Å². The maximum absolute atomic E-state index is 5.38. The van der Waals surface area contributed by atoms with Crippen LogP contribution in [-0.2, 0) is 0 Å². The Hall–Kier alpha value is -0.640. The maximum atomic E-state index is 5.38. The first kappa shape index (κ1) is 10.5. The number of rotatable bonds is 3. The van der Waals surface area contributed by atoms with E-state index in [-0.39, 0.29) is 0 Å². The average molecular weight is 237 g/mol. The summed E-state index contributed by atoms with van der Waals surface area (Å²) >= 11 is 5.38. The van der Waals surface area contributed by atoms with Gasteiger partial charge in [0.15, 0.2) is 4.77 Å². The molecular weight excluding hydrogens is 218 g/mol. The van der Waals surface area contributed by atoms with Crippen LogP contribution < -0.4 is 0 Å². The van der Waals surface area contributed by atoms with Gasteiger partial charge in [-0.2, -0.15) is 5.10 Å². The highest BCUT2D eigenvalue weighted by molar-refractivity contribution is 7.71. The number of hydrogen-bond donors (Lipinski definition) is 1. The van der Waals surface area contributed by atoms with Crippen LogP contribution in [0.15, 0.2) is 0 Å². The number of H-pyrrole nitrogens is 1. The van der Waals surface area contributed by atoms with Crippen LogP contribution in [0.25, 0.3) is 0 Å². The zero-order valence-corrected chi connectivity index (χ0v) is 10.6. The Balaban J connectivity index is 1.94. The molecule has 1 atom stereocenters. The molecule has 16 heavy (non-hydrogen) atoms. The second kappa shape index (κ2) is 3.99. The summed E-state index contributed by atoms with van der Waals surface area (Å²) in [6.07, 6.45) is 7.97. The van der Waals surface area contributed by atoms with Gasteiger partial charge in [-0.1, -0.05) is 19.8 Å². The first-order valence-corrected chi connectivity index (χ1v) is 6.85. The van der Waals surface area contributed by atoms with E-state index >= 15 is 0 Å². The first-order chi connectivity index (χ1) is 7.77. The molecule has 0 bridgehead atoms. The zero-order valence-electron chi connectivity index (χ0n) is 9.78. The highest BCUT2D eigenvalue weighted by atomic mass is 32.1. The van der Waals surface area contributed by atoms with E-state index in [1.165, 1.54) is 44.3 Å². The van der Waals surface area contributed by atoms with E-state index in [0.717, 1.165) is 10.7 Å². The lowest BCUT2D eigenvalue weighted by Crippen LogP contribution is -2.12. The Morgan fingerprint density at radius 1 is 1.31 bits per heavy atom. The lowest BCUT2D eigenvalue weighted by molar-refractivity contribution is 0.464. The van der Waals surface area contributed by atoms with E-state index < -0.39 is 0 Å². The van der Waals surface area contributed by atoms with Crippen molar-refractivity contribution in [3.63, 3.8) is 0 Å². The van der Waals surface area contributed by atoms with E-state index in [0.29, 0.717) is 12.0 Å². The number of nitrogens with zero attached hydrogens (tertiary/aromatic N) is 2. The van der Waals surface area contributed by atoms with Crippen LogP contribution in [-0.4, -0.2) is 14.8 Å². The number of aromatic amines is 1. The molecule has 1 aromatic rings. The standard InChI is InChI=1S/C12H19N3S/c1-8(9-6-7-9)11-13-14-12(16)15(11)10-4-2-3-5-10/h8-10H,2-7H2,1H3,(H,14,16). The van der Waals surface area contributed by atoms with Crippen LogP contribution in [0.2, 0.25) is 0 Å². The fourth-order valence-corrected chi connectivity index (χ4v) is 3.25. The molecule has 0 aliphatic heterocycles. The van der Waals surface area contributed by atoms with Gasteiger partial charge in [-0.3, -0.25) is 5.10 Å². The summed E-state index contributed by atoms with van der Waals surface area (Å²) < 4.78 is 3.14. The van der Waals surface area contributed by atoms with Crippen molar-refractivity contribution in [1.82, 2.24) is 14.8 Å². The Morgan fingerprint density at radius 2 is 2.00 bits per heavy atom. The Kier molecular flexibility index (Phi) is 2.62. The predicted molar refractivity (Wildman–Crippen MR) is 66.1 cm³/mol. The molecule has 0 radical (unpaired) electrons. The van der Waals surface area contributed by atoms with Crippen LogP contribution in [0.3, 0.4) is 0 Å². The third-order valence-corrected chi connectivity index (χ3v) is 4.45. The fourth-order valence-electron chi connectivity index (χ4n) is 2.96. The molecule has 88 valence electrons. The summed E-state index contributed by atoms with van der Waals surface area (Å²) in [6, 6.07) is 0.613.